The molecule has 1 aliphatic rings. The van der Waals surface area contributed by atoms with Crippen LogP contribution in [0.5, 0.6) is 0 Å². The molecular formula is C9H16O4. The predicted molar refractivity (Wildman–Crippen MR) is 46.4 cm³/mol. The van der Waals surface area contributed by atoms with Gasteiger partial charge in [0.05, 0.1) is 26.4 Å². The predicted octanol–water partition coefficient (Wildman–Crippen LogP) is 0.745. The average molecular weight is 188 g/mol. The lowest BCUT2D eigenvalue weighted by molar-refractivity contribution is -0.170. The van der Waals surface area contributed by atoms with Gasteiger partial charge in [0.25, 0.3) is 0 Å². The first-order chi connectivity index (χ1) is 6.34. The highest BCUT2D eigenvalue weighted by molar-refractivity contribution is 5.74. The van der Waals surface area contributed by atoms with E-state index < -0.39 is 6.10 Å². The van der Waals surface area contributed by atoms with Gasteiger partial charge in [0, 0.05) is 0 Å². The van der Waals surface area contributed by atoms with E-state index in [0.717, 1.165) is 12.8 Å². The number of hydrogen-bond donors (Lipinski definition) is 0. The van der Waals surface area contributed by atoms with Crippen LogP contribution in [0.4, 0.5) is 0 Å². The van der Waals surface area contributed by atoms with Crippen molar-refractivity contribution in [3.8, 4) is 0 Å². The van der Waals surface area contributed by atoms with Crippen LogP contribution in [0.1, 0.15) is 19.8 Å². The largest absolute Gasteiger partial charge is 0.464 e. The number of carbonyl (C=O) groups excluding carboxylic acids is 1. The summed E-state index contributed by atoms with van der Waals surface area (Å²) in [6, 6.07) is 0. The Kier molecular flexibility index (Phi) is 4.78. The van der Waals surface area contributed by atoms with Gasteiger partial charge in [0.2, 0.25) is 0 Å². The number of unbranched alkanes of at least 4 members (excludes halogenated alkanes) is 1. The van der Waals surface area contributed by atoms with Gasteiger partial charge in [0.1, 0.15) is 0 Å². The van der Waals surface area contributed by atoms with Crippen molar-refractivity contribution in [1.29, 1.82) is 0 Å². The molecule has 0 radical (unpaired) electrons. The summed E-state index contributed by atoms with van der Waals surface area (Å²) in [5.74, 6) is -0.298. The summed E-state index contributed by atoms with van der Waals surface area (Å²) in [7, 11) is 0. The first-order valence-corrected chi connectivity index (χ1v) is 4.70. The average Bonchev–Trinajstić information content (AvgIpc) is 2.19. The molecule has 0 aromatic carbocycles. The summed E-state index contributed by atoms with van der Waals surface area (Å²) >= 11 is 0. The maximum absolute atomic E-state index is 11.2. The fourth-order valence-corrected chi connectivity index (χ4v) is 1.03. The molecule has 0 aromatic rings. The van der Waals surface area contributed by atoms with Crippen LogP contribution in [0.3, 0.4) is 0 Å². The van der Waals surface area contributed by atoms with E-state index in [1.54, 1.807) is 0 Å². The summed E-state index contributed by atoms with van der Waals surface area (Å²) < 4.78 is 15.2. The Morgan fingerprint density at radius 1 is 1.54 bits per heavy atom. The lowest BCUT2D eigenvalue weighted by Gasteiger charge is -2.21. The van der Waals surface area contributed by atoms with E-state index in [2.05, 4.69) is 0 Å². The third-order valence-electron chi connectivity index (χ3n) is 1.82. The topological polar surface area (TPSA) is 44.8 Å². The van der Waals surface area contributed by atoms with Gasteiger partial charge in [-0.2, -0.15) is 0 Å². The van der Waals surface area contributed by atoms with Gasteiger partial charge in [-0.3, -0.25) is 0 Å². The van der Waals surface area contributed by atoms with Crippen LogP contribution in [0.15, 0.2) is 0 Å². The van der Waals surface area contributed by atoms with Crippen LogP contribution < -0.4 is 0 Å². The van der Waals surface area contributed by atoms with Crippen molar-refractivity contribution in [1.82, 2.24) is 0 Å². The van der Waals surface area contributed by atoms with Gasteiger partial charge in [-0.05, 0) is 6.42 Å². The highest BCUT2D eigenvalue weighted by Gasteiger charge is 2.23. The van der Waals surface area contributed by atoms with Crippen LogP contribution in [-0.2, 0) is 19.0 Å². The number of hydrogen-bond acceptors (Lipinski definition) is 4. The van der Waals surface area contributed by atoms with Crippen molar-refractivity contribution in [3.63, 3.8) is 0 Å². The monoisotopic (exact) mass is 188 g/mol. The molecule has 1 aliphatic heterocycles. The molecule has 4 heteroatoms. The van der Waals surface area contributed by atoms with Crippen molar-refractivity contribution in [3.05, 3.63) is 0 Å². The summed E-state index contributed by atoms with van der Waals surface area (Å²) in [6.07, 6.45) is 1.42. The maximum atomic E-state index is 11.2. The number of carbonyl (C=O) groups is 1. The Balaban J connectivity index is 2.13. The third kappa shape index (κ3) is 3.74. The van der Waals surface area contributed by atoms with Gasteiger partial charge >= 0.3 is 5.97 Å². The molecule has 0 bridgehead atoms. The summed E-state index contributed by atoms with van der Waals surface area (Å²) in [5, 5.41) is 0. The molecule has 1 saturated heterocycles. The van der Waals surface area contributed by atoms with Crippen molar-refractivity contribution in [2.75, 3.05) is 26.4 Å². The highest BCUT2D eigenvalue weighted by atomic mass is 16.6. The van der Waals surface area contributed by atoms with E-state index in [0.29, 0.717) is 26.4 Å². The quantitative estimate of drug-likeness (QED) is 0.482. The summed E-state index contributed by atoms with van der Waals surface area (Å²) in [5.41, 5.74) is 0. The molecule has 1 unspecified atom stereocenters. The van der Waals surface area contributed by atoms with Crippen molar-refractivity contribution >= 4 is 5.97 Å². The molecule has 0 aliphatic carbocycles. The van der Waals surface area contributed by atoms with Gasteiger partial charge in [-0.1, -0.05) is 13.3 Å². The summed E-state index contributed by atoms with van der Waals surface area (Å²) in [6.45, 7) is 3.90. The zero-order valence-corrected chi connectivity index (χ0v) is 7.95. The Hall–Kier alpha value is -0.610. The van der Waals surface area contributed by atoms with Gasteiger partial charge in [-0.15, -0.1) is 0 Å². The zero-order valence-electron chi connectivity index (χ0n) is 7.95. The Labute approximate surface area is 78.2 Å². The summed E-state index contributed by atoms with van der Waals surface area (Å²) in [4.78, 5) is 11.2. The second-order valence-electron chi connectivity index (χ2n) is 2.96. The van der Waals surface area contributed by atoms with E-state index in [4.69, 9.17) is 14.2 Å². The first kappa shape index (κ1) is 10.5. The maximum Gasteiger partial charge on any atom is 0.337 e. The fraction of sp³-hybridized carbons (Fsp3) is 0.889. The van der Waals surface area contributed by atoms with E-state index in [1.807, 2.05) is 6.92 Å². The van der Waals surface area contributed by atoms with Crippen LogP contribution >= 0.6 is 0 Å². The minimum Gasteiger partial charge on any atom is -0.464 e. The van der Waals surface area contributed by atoms with E-state index in [1.165, 1.54) is 0 Å². The van der Waals surface area contributed by atoms with Crippen LogP contribution in [0.2, 0.25) is 0 Å². The fourth-order valence-electron chi connectivity index (χ4n) is 1.03. The highest BCUT2D eigenvalue weighted by Crippen LogP contribution is 2.03. The van der Waals surface area contributed by atoms with Gasteiger partial charge < -0.3 is 14.2 Å². The molecule has 0 saturated carbocycles. The van der Waals surface area contributed by atoms with E-state index in [-0.39, 0.29) is 5.97 Å². The molecule has 1 heterocycles. The zero-order chi connectivity index (χ0) is 9.52. The minimum absolute atomic E-state index is 0.298. The lowest BCUT2D eigenvalue weighted by atomic mass is 10.3. The van der Waals surface area contributed by atoms with Gasteiger partial charge in [-0.25, -0.2) is 4.79 Å². The van der Waals surface area contributed by atoms with Gasteiger partial charge in [0.15, 0.2) is 6.10 Å². The molecule has 0 amide bonds. The van der Waals surface area contributed by atoms with E-state index >= 15 is 0 Å². The third-order valence-corrected chi connectivity index (χ3v) is 1.82. The van der Waals surface area contributed by atoms with E-state index in [9.17, 15) is 4.79 Å². The number of esters is 1. The lowest BCUT2D eigenvalue weighted by Crippen LogP contribution is -2.36. The number of rotatable bonds is 4. The first-order valence-electron chi connectivity index (χ1n) is 4.70. The van der Waals surface area contributed by atoms with Crippen LogP contribution in [0.25, 0.3) is 0 Å². The van der Waals surface area contributed by atoms with Crippen LogP contribution in [0, 0.1) is 0 Å². The second-order valence-corrected chi connectivity index (χ2v) is 2.96. The Morgan fingerprint density at radius 3 is 3.00 bits per heavy atom. The SMILES string of the molecule is CCCCOC(=O)C1COCCO1. The normalized spacial score (nSPS) is 22.7. The molecule has 0 spiro atoms. The molecule has 4 nitrogen and oxygen atoms in total. The van der Waals surface area contributed by atoms with Crippen molar-refractivity contribution < 1.29 is 19.0 Å². The molecule has 13 heavy (non-hydrogen) atoms. The molecule has 0 N–H and O–H groups in total. The Morgan fingerprint density at radius 2 is 2.38 bits per heavy atom. The smallest absolute Gasteiger partial charge is 0.337 e. The molecule has 76 valence electrons. The minimum atomic E-state index is -0.509. The molecular weight excluding hydrogens is 172 g/mol. The molecule has 0 aromatic heterocycles. The van der Waals surface area contributed by atoms with Crippen molar-refractivity contribution in [2.45, 2.75) is 25.9 Å². The molecule has 1 atom stereocenters. The molecule has 1 rings (SSSR count). The van der Waals surface area contributed by atoms with Crippen molar-refractivity contribution in [2.24, 2.45) is 0 Å². The second kappa shape index (κ2) is 5.94. The van der Waals surface area contributed by atoms with Crippen LogP contribution in [-0.4, -0.2) is 38.5 Å². The number of ether oxygens (including phenoxy) is 3. The standard InChI is InChI=1S/C9H16O4/c1-2-3-4-13-9(10)8-7-11-5-6-12-8/h8H,2-7H2,1H3. The molecule has 1 fully saturated rings. The Bertz CT molecular complexity index is 152.